The number of benzene rings is 2. The first-order valence-electron chi connectivity index (χ1n) is 11.4. The second-order valence-electron chi connectivity index (χ2n) is 8.37. The topological polar surface area (TPSA) is 79.8 Å². The number of carbonyl (C=O) groups excluding carboxylic acids is 2. The van der Waals surface area contributed by atoms with Crippen molar-refractivity contribution in [2.45, 2.75) is 51.6 Å². The average Bonchev–Trinajstić information content (AvgIpc) is 2.82. The molecular weight excluding hydrogens is 483 g/mol. The number of amides is 1. The Morgan fingerprint density at radius 3 is 2.43 bits per heavy atom. The van der Waals surface area contributed by atoms with Gasteiger partial charge in [-0.05, 0) is 74.4 Å². The van der Waals surface area contributed by atoms with E-state index in [0.29, 0.717) is 18.6 Å². The van der Waals surface area contributed by atoms with E-state index in [1.165, 1.54) is 18.2 Å². The van der Waals surface area contributed by atoms with Crippen LogP contribution in [0.15, 0.2) is 41.4 Å². The molecule has 0 radical (unpaired) electrons. The van der Waals surface area contributed by atoms with Gasteiger partial charge in [-0.3, -0.25) is 14.9 Å². The summed E-state index contributed by atoms with van der Waals surface area (Å²) in [7, 11) is 0. The summed E-state index contributed by atoms with van der Waals surface area (Å²) in [6, 6.07) is 7.10. The van der Waals surface area contributed by atoms with Gasteiger partial charge in [-0.2, -0.15) is 0 Å². The summed E-state index contributed by atoms with van der Waals surface area (Å²) in [4.78, 5) is 28.8. The largest absolute Gasteiger partial charge is 0.466 e. The van der Waals surface area contributed by atoms with Crippen LogP contribution in [0.3, 0.4) is 0 Å². The van der Waals surface area contributed by atoms with Crippen LogP contribution in [-0.2, 0) is 16.1 Å². The van der Waals surface area contributed by atoms with Crippen molar-refractivity contribution in [1.29, 1.82) is 0 Å². The molecule has 2 N–H and O–H groups in total. The van der Waals surface area contributed by atoms with E-state index in [4.69, 9.17) is 16.3 Å². The maximum absolute atomic E-state index is 13.8. The average molecular weight is 510 g/mol. The van der Waals surface area contributed by atoms with E-state index < -0.39 is 23.4 Å². The Balaban J connectivity index is 1.68. The minimum atomic E-state index is -1.14. The van der Waals surface area contributed by atoms with Gasteiger partial charge in [-0.1, -0.05) is 17.7 Å². The normalized spacial score (nSPS) is 18.1. The molecule has 1 aliphatic rings. The van der Waals surface area contributed by atoms with Crippen molar-refractivity contribution in [2.24, 2.45) is 10.9 Å². The molecule has 0 heterocycles. The molecule has 0 aromatic heterocycles. The van der Waals surface area contributed by atoms with Gasteiger partial charge in [0.25, 0.3) is 5.91 Å². The van der Waals surface area contributed by atoms with Crippen LogP contribution in [0, 0.1) is 23.4 Å². The lowest BCUT2D eigenvalue weighted by Gasteiger charge is -2.29. The van der Waals surface area contributed by atoms with Crippen LogP contribution in [0.5, 0.6) is 0 Å². The zero-order valence-electron chi connectivity index (χ0n) is 19.3. The van der Waals surface area contributed by atoms with Gasteiger partial charge in [0.2, 0.25) is 0 Å². The SMILES string of the molecule is CCOC(=O)CC1CCC(NC(=NCc2ccc(Cl)c(F)c2)NC(=O)c2ccc(F)c(F)c2)CC1. The molecule has 35 heavy (non-hydrogen) atoms. The molecule has 0 spiro atoms. The van der Waals surface area contributed by atoms with Crippen molar-refractivity contribution in [3.8, 4) is 0 Å². The van der Waals surface area contributed by atoms with Gasteiger partial charge in [0.15, 0.2) is 17.6 Å². The third kappa shape index (κ3) is 7.99. The predicted octanol–water partition coefficient (Wildman–Crippen LogP) is 5.14. The summed E-state index contributed by atoms with van der Waals surface area (Å²) in [5.41, 5.74) is 0.459. The molecule has 0 saturated heterocycles. The Bertz CT molecular complexity index is 1090. The number of halogens is 4. The molecule has 1 amide bonds. The second-order valence-corrected chi connectivity index (χ2v) is 8.77. The molecule has 1 aliphatic carbocycles. The highest BCUT2D eigenvalue weighted by Crippen LogP contribution is 2.27. The Morgan fingerprint density at radius 2 is 1.77 bits per heavy atom. The van der Waals surface area contributed by atoms with Gasteiger partial charge in [0.05, 0.1) is 18.2 Å². The van der Waals surface area contributed by atoms with E-state index in [0.717, 1.165) is 37.8 Å². The summed E-state index contributed by atoms with van der Waals surface area (Å²) >= 11 is 5.73. The lowest BCUT2D eigenvalue weighted by atomic mass is 9.84. The summed E-state index contributed by atoms with van der Waals surface area (Å²) < 4.78 is 45.6. The fourth-order valence-electron chi connectivity index (χ4n) is 3.91. The van der Waals surface area contributed by atoms with Crippen LogP contribution in [0.1, 0.15) is 54.9 Å². The molecule has 6 nitrogen and oxygen atoms in total. The van der Waals surface area contributed by atoms with Crippen LogP contribution in [0.4, 0.5) is 13.2 Å². The molecule has 1 fully saturated rings. The van der Waals surface area contributed by atoms with E-state index >= 15 is 0 Å². The van der Waals surface area contributed by atoms with Gasteiger partial charge >= 0.3 is 5.97 Å². The monoisotopic (exact) mass is 509 g/mol. The van der Waals surface area contributed by atoms with Gasteiger partial charge in [0.1, 0.15) is 5.82 Å². The van der Waals surface area contributed by atoms with Crippen molar-refractivity contribution < 1.29 is 27.5 Å². The predicted molar refractivity (Wildman–Crippen MR) is 127 cm³/mol. The lowest BCUT2D eigenvalue weighted by Crippen LogP contribution is -2.47. The number of esters is 1. The number of aliphatic imine (C=N–C) groups is 1. The molecule has 2 aromatic rings. The second kappa shape index (κ2) is 12.6. The van der Waals surface area contributed by atoms with Gasteiger partial charge in [-0.25, -0.2) is 18.2 Å². The number of nitrogens with one attached hydrogen (secondary N) is 2. The first kappa shape index (κ1) is 26.5. The molecule has 1 saturated carbocycles. The maximum atomic E-state index is 13.8. The zero-order chi connectivity index (χ0) is 25.4. The van der Waals surface area contributed by atoms with Crippen molar-refractivity contribution >= 4 is 29.4 Å². The van der Waals surface area contributed by atoms with Crippen LogP contribution in [0.25, 0.3) is 0 Å². The zero-order valence-corrected chi connectivity index (χ0v) is 20.0. The Labute approximate surface area is 206 Å². The number of hydrogen-bond donors (Lipinski definition) is 2. The third-order valence-electron chi connectivity index (χ3n) is 5.77. The number of ether oxygens (including phenoxy) is 1. The van der Waals surface area contributed by atoms with Gasteiger partial charge in [0, 0.05) is 18.0 Å². The fourth-order valence-corrected chi connectivity index (χ4v) is 4.02. The molecule has 2 aromatic carbocycles. The number of carbonyl (C=O) groups is 2. The highest BCUT2D eigenvalue weighted by atomic mass is 35.5. The third-order valence-corrected chi connectivity index (χ3v) is 6.07. The van der Waals surface area contributed by atoms with Crippen LogP contribution in [-0.4, -0.2) is 30.5 Å². The fraction of sp³-hybridized carbons (Fsp3) is 0.400. The molecule has 188 valence electrons. The van der Waals surface area contributed by atoms with Crippen molar-refractivity contribution in [3.05, 3.63) is 70.0 Å². The first-order valence-corrected chi connectivity index (χ1v) is 11.8. The molecule has 10 heteroatoms. The standard InChI is InChI=1S/C25H27ClF3N3O3/c1-2-35-23(33)12-15-3-7-18(8-4-15)31-25(30-14-16-5-9-19(26)21(28)11-16)32-24(34)17-6-10-20(27)22(29)13-17/h5-6,9-11,13,15,18H,2-4,7-8,12,14H2,1H3,(H2,30,31,32,34). The highest BCUT2D eigenvalue weighted by molar-refractivity contribution is 6.30. The minimum Gasteiger partial charge on any atom is -0.466 e. The molecule has 3 rings (SSSR count). The van der Waals surface area contributed by atoms with E-state index in [9.17, 15) is 22.8 Å². The minimum absolute atomic E-state index is 0.0118. The van der Waals surface area contributed by atoms with Crippen molar-refractivity contribution in [1.82, 2.24) is 10.6 Å². The number of guanidine groups is 1. The summed E-state index contributed by atoms with van der Waals surface area (Å²) in [6.07, 6.45) is 3.43. The van der Waals surface area contributed by atoms with Crippen molar-refractivity contribution in [3.63, 3.8) is 0 Å². The number of nitrogens with zero attached hydrogens (tertiary/aromatic N) is 1. The maximum Gasteiger partial charge on any atom is 0.306 e. The summed E-state index contributed by atoms with van der Waals surface area (Å²) in [5.74, 6) is -3.31. The van der Waals surface area contributed by atoms with E-state index in [2.05, 4.69) is 15.6 Å². The van der Waals surface area contributed by atoms with Gasteiger partial charge < -0.3 is 10.1 Å². The van der Waals surface area contributed by atoms with Crippen LogP contribution in [0.2, 0.25) is 5.02 Å². The molecule has 0 atom stereocenters. The van der Waals surface area contributed by atoms with Crippen LogP contribution >= 0.6 is 11.6 Å². The summed E-state index contributed by atoms with van der Waals surface area (Å²) in [6.45, 7) is 2.17. The summed E-state index contributed by atoms with van der Waals surface area (Å²) in [5, 5.41) is 5.78. The first-order chi connectivity index (χ1) is 16.7. The highest BCUT2D eigenvalue weighted by Gasteiger charge is 2.25. The molecule has 0 unspecified atom stereocenters. The number of rotatable bonds is 7. The molecule has 0 aliphatic heterocycles. The smallest absolute Gasteiger partial charge is 0.306 e. The van der Waals surface area contributed by atoms with Crippen molar-refractivity contribution in [2.75, 3.05) is 6.61 Å². The Hall–Kier alpha value is -3.07. The number of hydrogen-bond acceptors (Lipinski definition) is 4. The van der Waals surface area contributed by atoms with Crippen LogP contribution < -0.4 is 10.6 Å². The Kier molecular flexibility index (Phi) is 9.54. The lowest BCUT2D eigenvalue weighted by molar-refractivity contribution is -0.144. The van der Waals surface area contributed by atoms with E-state index in [1.807, 2.05) is 0 Å². The quantitative estimate of drug-likeness (QED) is 0.307. The molecular formula is C25H27ClF3N3O3. The molecule has 0 bridgehead atoms. The Morgan fingerprint density at radius 1 is 1.03 bits per heavy atom. The van der Waals surface area contributed by atoms with E-state index in [-0.39, 0.29) is 41.0 Å². The van der Waals surface area contributed by atoms with E-state index in [1.54, 1.807) is 13.0 Å². The van der Waals surface area contributed by atoms with Gasteiger partial charge in [-0.15, -0.1) is 0 Å².